The number of aromatic nitrogens is 3. The van der Waals surface area contributed by atoms with E-state index in [9.17, 15) is 4.79 Å². The average Bonchev–Trinajstić information content (AvgIpc) is 2.31. The van der Waals surface area contributed by atoms with E-state index in [0.29, 0.717) is 5.82 Å². The summed E-state index contributed by atoms with van der Waals surface area (Å²) in [5.74, 6) is 0.450. The third kappa shape index (κ3) is 2.22. The summed E-state index contributed by atoms with van der Waals surface area (Å²) in [7, 11) is 0. The lowest BCUT2D eigenvalue weighted by Crippen LogP contribution is -1.99. The molecule has 0 radical (unpaired) electrons. The van der Waals surface area contributed by atoms with E-state index < -0.39 is 0 Å². The summed E-state index contributed by atoms with van der Waals surface area (Å²) in [4.78, 5) is 14.5. The van der Waals surface area contributed by atoms with Gasteiger partial charge in [-0.2, -0.15) is 5.10 Å². The molecule has 0 saturated heterocycles. The van der Waals surface area contributed by atoms with E-state index in [-0.39, 0.29) is 6.42 Å². The maximum atomic E-state index is 10.3. The summed E-state index contributed by atoms with van der Waals surface area (Å²) in [5, 5.41) is 7.57. The van der Waals surface area contributed by atoms with Crippen molar-refractivity contribution in [3.8, 4) is 11.3 Å². The topological polar surface area (TPSA) is 55.7 Å². The molecule has 4 heteroatoms. The first-order chi connectivity index (χ1) is 7.40. The van der Waals surface area contributed by atoms with Crippen LogP contribution in [0.5, 0.6) is 0 Å². The molecule has 0 saturated carbocycles. The Bertz CT molecular complexity index is 456. The highest BCUT2D eigenvalue weighted by Crippen LogP contribution is 2.14. The van der Waals surface area contributed by atoms with Crippen molar-refractivity contribution < 1.29 is 4.79 Å². The van der Waals surface area contributed by atoms with Crippen LogP contribution in [0, 0.1) is 0 Å². The zero-order chi connectivity index (χ0) is 10.5. The van der Waals surface area contributed by atoms with Crippen molar-refractivity contribution >= 4 is 6.29 Å². The van der Waals surface area contributed by atoms with Gasteiger partial charge in [0.05, 0.1) is 18.3 Å². The lowest BCUT2D eigenvalue weighted by molar-refractivity contribution is -0.107. The van der Waals surface area contributed by atoms with Crippen LogP contribution in [0.1, 0.15) is 5.82 Å². The molecule has 1 aromatic carbocycles. The van der Waals surface area contributed by atoms with Crippen molar-refractivity contribution in [1.82, 2.24) is 15.2 Å². The van der Waals surface area contributed by atoms with E-state index >= 15 is 0 Å². The van der Waals surface area contributed by atoms with E-state index in [0.717, 1.165) is 17.5 Å². The van der Waals surface area contributed by atoms with Gasteiger partial charge in [0, 0.05) is 5.56 Å². The van der Waals surface area contributed by atoms with Crippen LogP contribution in [0.3, 0.4) is 0 Å². The molecule has 0 amide bonds. The monoisotopic (exact) mass is 199 g/mol. The predicted octanol–water partition coefficient (Wildman–Crippen LogP) is 1.28. The van der Waals surface area contributed by atoms with Gasteiger partial charge in [-0.05, 0) is 0 Å². The van der Waals surface area contributed by atoms with Gasteiger partial charge in [-0.1, -0.05) is 30.3 Å². The number of nitrogens with zero attached hydrogens (tertiary/aromatic N) is 3. The van der Waals surface area contributed by atoms with Crippen LogP contribution in [0.25, 0.3) is 11.3 Å². The summed E-state index contributed by atoms with van der Waals surface area (Å²) < 4.78 is 0. The molecule has 74 valence electrons. The van der Waals surface area contributed by atoms with Crippen LogP contribution < -0.4 is 0 Å². The molecule has 0 unspecified atom stereocenters. The van der Waals surface area contributed by atoms with Crippen molar-refractivity contribution in [2.75, 3.05) is 0 Å². The second-order valence-corrected chi connectivity index (χ2v) is 2.99. The first-order valence-electron chi connectivity index (χ1n) is 4.58. The van der Waals surface area contributed by atoms with Crippen molar-refractivity contribution in [2.45, 2.75) is 6.42 Å². The van der Waals surface area contributed by atoms with Crippen molar-refractivity contribution in [1.29, 1.82) is 0 Å². The van der Waals surface area contributed by atoms with Gasteiger partial charge in [0.15, 0.2) is 5.82 Å². The van der Waals surface area contributed by atoms with Crippen LogP contribution in [0.2, 0.25) is 0 Å². The SMILES string of the molecule is O=CCc1nncc(-c2ccccc2)n1. The normalized spacial score (nSPS) is 9.87. The Morgan fingerprint density at radius 3 is 2.73 bits per heavy atom. The minimum absolute atomic E-state index is 0.202. The lowest BCUT2D eigenvalue weighted by atomic mass is 10.2. The minimum atomic E-state index is 0.202. The van der Waals surface area contributed by atoms with Crippen LogP contribution in [-0.2, 0) is 11.2 Å². The highest BCUT2D eigenvalue weighted by molar-refractivity contribution is 5.58. The van der Waals surface area contributed by atoms with Crippen molar-refractivity contribution in [3.63, 3.8) is 0 Å². The van der Waals surface area contributed by atoms with Crippen LogP contribution in [-0.4, -0.2) is 21.5 Å². The first-order valence-corrected chi connectivity index (χ1v) is 4.58. The minimum Gasteiger partial charge on any atom is -0.303 e. The van der Waals surface area contributed by atoms with Gasteiger partial charge in [0.2, 0.25) is 0 Å². The van der Waals surface area contributed by atoms with Gasteiger partial charge in [-0.3, -0.25) is 0 Å². The van der Waals surface area contributed by atoms with Gasteiger partial charge in [0.1, 0.15) is 6.29 Å². The highest BCUT2D eigenvalue weighted by Gasteiger charge is 2.01. The maximum absolute atomic E-state index is 10.3. The van der Waals surface area contributed by atoms with E-state index in [1.807, 2.05) is 30.3 Å². The summed E-state index contributed by atoms with van der Waals surface area (Å²) in [6, 6.07) is 9.67. The van der Waals surface area contributed by atoms with Gasteiger partial charge in [-0.25, -0.2) is 4.98 Å². The molecule has 0 aliphatic rings. The summed E-state index contributed by atoms with van der Waals surface area (Å²) in [5.41, 5.74) is 1.71. The summed E-state index contributed by atoms with van der Waals surface area (Å²) in [6.45, 7) is 0. The lowest BCUT2D eigenvalue weighted by Gasteiger charge is -2.00. The summed E-state index contributed by atoms with van der Waals surface area (Å²) >= 11 is 0. The molecule has 1 aromatic heterocycles. The molecule has 2 rings (SSSR count). The Labute approximate surface area is 87.0 Å². The number of hydrogen-bond donors (Lipinski definition) is 0. The van der Waals surface area contributed by atoms with Gasteiger partial charge >= 0.3 is 0 Å². The Balaban J connectivity index is 2.37. The number of carbonyl (C=O) groups is 1. The zero-order valence-corrected chi connectivity index (χ0v) is 8.00. The quantitative estimate of drug-likeness (QED) is 0.699. The van der Waals surface area contributed by atoms with E-state index in [4.69, 9.17) is 0 Å². The second-order valence-electron chi connectivity index (χ2n) is 2.99. The molecule has 0 aliphatic carbocycles. The second kappa shape index (κ2) is 4.41. The zero-order valence-electron chi connectivity index (χ0n) is 8.00. The molecule has 0 spiro atoms. The third-order valence-corrected chi connectivity index (χ3v) is 1.94. The fourth-order valence-corrected chi connectivity index (χ4v) is 1.25. The molecule has 0 atom stereocenters. The average molecular weight is 199 g/mol. The van der Waals surface area contributed by atoms with Crippen LogP contribution >= 0.6 is 0 Å². The molecule has 0 aliphatic heterocycles. The van der Waals surface area contributed by atoms with E-state index in [1.54, 1.807) is 6.20 Å². The van der Waals surface area contributed by atoms with Gasteiger partial charge < -0.3 is 4.79 Å². The first kappa shape index (κ1) is 9.45. The van der Waals surface area contributed by atoms with Crippen LogP contribution in [0.15, 0.2) is 36.5 Å². The standard InChI is InChI=1S/C11H9N3O/c15-7-6-11-13-10(8-12-14-11)9-4-2-1-3-5-9/h1-5,7-8H,6H2. The molecule has 0 fully saturated rings. The van der Waals surface area contributed by atoms with Gasteiger partial charge in [0.25, 0.3) is 0 Å². The smallest absolute Gasteiger partial charge is 0.158 e. The van der Waals surface area contributed by atoms with Gasteiger partial charge in [-0.15, -0.1) is 5.10 Å². The molecule has 4 nitrogen and oxygen atoms in total. The Hall–Kier alpha value is -2.10. The number of benzene rings is 1. The molecule has 0 bridgehead atoms. The van der Waals surface area contributed by atoms with E-state index in [2.05, 4.69) is 15.2 Å². The molecule has 1 heterocycles. The predicted molar refractivity (Wildman–Crippen MR) is 55.0 cm³/mol. The molecule has 15 heavy (non-hydrogen) atoms. The van der Waals surface area contributed by atoms with E-state index in [1.165, 1.54) is 0 Å². The molecule has 0 N–H and O–H groups in total. The number of aldehydes is 1. The Morgan fingerprint density at radius 2 is 2.00 bits per heavy atom. The Morgan fingerprint density at radius 1 is 1.20 bits per heavy atom. The fourth-order valence-electron chi connectivity index (χ4n) is 1.25. The highest BCUT2D eigenvalue weighted by atomic mass is 16.1. The number of carbonyl (C=O) groups excluding carboxylic acids is 1. The molecule has 2 aromatic rings. The number of rotatable bonds is 3. The van der Waals surface area contributed by atoms with Crippen molar-refractivity contribution in [2.24, 2.45) is 0 Å². The largest absolute Gasteiger partial charge is 0.303 e. The summed E-state index contributed by atoms with van der Waals surface area (Å²) in [6.07, 6.45) is 2.56. The maximum Gasteiger partial charge on any atom is 0.158 e. The number of hydrogen-bond acceptors (Lipinski definition) is 4. The molecular formula is C11H9N3O. The molecular weight excluding hydrogens is 190 g/mol. The Kier molecular flexibility index (Phi) is 2.78. The third-order valence-electron chi connectivity index (χ3n) is 1.94. The van der Waals surface area contributed by atoms with Crippen molar-refractivity contribution in [3.05, 3.63) is 42.4 Å². The fraction of sp³-hybridized carbons (Fsp3) is 0.0909. The van der Waals surface area contributed by atoms with Crippen LogP contribution in [0.4, 0.5) is 0 Å².